The zero-order valence-corrected chi connectivity index (χ0v) is 15.0. The second-order valence-corrected chi connectivity index (χ2v) is 6.72. The minimum absolute atomic E-state index is 0.00203. The highest BCUT2D eigenvalue weighted by Gasteiger charge is 2.18. The Bertz CT molecular complexity index is 714. The highest BCUT2D eigenvalue weighted by atomic mass is 35.5. The first-order valence-corrected chi connectivity index (χ1v) is 9.21. The van der Waals surface area contributed by atoms with Crippen LogP contribution >= 0.6 is 11.6 Å². The van der Waals surface area contributed by atoms with Crippen LogP contribution in [0.1, 0.15) is 41.7 Å². The summed E-state index contributed by atoms with van der Waals surface area (Å²) >= 11 is 5.99. The van der Waals surface area contributed by atoms with Gasteiger partial charge in [-0.05, 0) is 43.0 Å². The first-order valence-electron chi connectivity index (χ1n) is 8.83. The lowest BCUT2D eigenvalue weighted by Crippen LogP contribution is -2.32. The van der Waals surface area contributed by atoms with Crippen LogP contribution in [0.15, 0.2) is 36.5 Å². The molecule has 132 valence electrons. The molecule has 3 rings (SSSR count). The van der Waals surface area contributed by atoms with Crippen LogP contribution in [0.4, 0.5) is 5.95 Å². The van der Waals surface area contributed by atoms with Crippen molar-refractivity contribution in [2.45, 2.75) is 32.1 Å². The molecule has 25 heavy (non-hydrogen) atoms. The van der Waals surface area contributed by atoms with Crippen LogP contribution < -0.4 is 5.32 Å². The van der Waals surface area contributed by atoms with Gasteiger partial charge in [-0.1, -0.05) is 36.6 Å². The maximum atomic E-state index is 12.6. The van der Waals surface area contributed by atoms with Gasteiger partial charge >= 0.3 is 0 Å². The van der Waals surface area contributed by atoms with Gasteiger partial charge in [0.2, 0.25) is 5.95 Å². The number of nitrogens with one attached hydrogen (secondary N) is 1. The largest absolute Gasteiger partial charge is 0.354 e. The van der Waals surface area contributed by atoms with Crippen LogP contribution in [0.3, 0.4) is 0 Å². The third kappa shape index (κ3) is 5.16. The molecule has 1 aromatic carbocycles. The molecule has 0 spiro atoms. The van der Waals surface area contributed by atoms with Gasteiger partial charge in [-0.25, -0.2) is 9.97 Å². The second-order valence-electron chi connectivity index (χ2n) is 6.28. The van der Waals surface area contributed by atoms with Gasteiger partial charge in [-0.15, -0.1) is 0 Å². The first-order chi connectivity index (χ1) is 12.2. The Hall–Kier alpha value is -2.14. The van der Waals surface area contributed by atoms with Gasteiger partial charge in [-0.2, -0.15) is 0 Å². The molecule has 0 radical (unpaired) electrons. The molecule has 2 aromatic rings. The number of hydrogen-bond donors (Lipinski definition) is 1. The Morgan fingerprint density at radius 1 is 1.16 bits per heavy atom. The van der Waals surface area contributed by atoms with Crippen molar-refractivity contribution in [3.05, 3.63) is 52.8 Å². The maximum Gasteiger partial charge on any atom is 0.272 e. The summed E-state index contributed by atoms with van der Waals surface area (Å²) in [6, 6.07) is 9.47. The van der Waals surface area contributed by atoms with Crippen LogP contribution in [0.2, 0.25) is 5.02 Å². The van der Waals surface area contributed by atoms with E-state index < -0.39 is 0 Å². The summed E-state index contributed by atoms with van der Waals surface area (Å²) in [5.74, 6) is 0.491. The van der Waals surface area contributed by atoms with Crippen molar-refractivity contribution < 1.29 is 4.79 Å². The van der Waals surface area contributed by atoms with E-state index in [1.807, 2.05) is 29.2 Å². The molecule has 1 aromatic heterocycles. The van der Waals surface area contributed by atoms with E-state index in [0.717, 1.165) is 42.9 Å². The molecule has 0 atom stereocenters. The third-order valence-electron chi connectivity index (χ3n) is 4.35. The Labute approximate surface area is 153 Å². The SMILES string of the molecule is O=C(c1ccnc(NCCc2cccc(Cl)c2)n1)N1CCCCCC1. The van der Waals surface area contributed by atoms with Crippen molar-refractivity contribution in [3.63, 3.8) is 0 Å². The average molecular weight is 359 g/mol. The Balaban J connectivity index is 1.58. The maximum absolute atomic E-state index is 12.6. The minimum Gasteiger partial charge on any atom is -0.354 e. The molecule has 5 nitrogen and oxygen atoms in total. The van der Waals surface area contributed by atoms with Gasteiger partial charge in [0.15, 0.2) is 0 Å². The molecule has 1 aliphatic rings. The van der Waals surface area contributed by atoms with Crippen LogP contribution in [0.25, 0.3) is 0 Å². The van der Waals surface area contributed by atoms with E-state index in [-0.39, 0.29) is 5.91 Å². The van der Waals surface area contributed by atoms with E-state index in [9.17, 15) is 4.79 Å². The van der Waals surface area contributed by atoms with Gasteiger partial charge in [-0.3, -0.25) is 4.79 Å². The number of anilines is 1. The Morgan fingerprint density at radius 2 is 1.96 bits per heavy atom. The van der Waals surface area contributed by atoms with E-state index in [0.29, 0.717) is 18.2 Å². The molecule has 0 aliphatic carbocycles. The quantitative estimate of drug-likeness (QED) is 0.883. The van der Waals surface area contributed by atoms with Gasteiger partial charge < -0.3 is 10.2 Å². The van der Waals surface area contributed by atoms with Crippen molar-refractivity contribution in [1.82, 2.24) is 14.9 Å². The molecular formula is C19H23ClN4O. The third-order valence-corrected chi connectivity index (χ3v) is 4.59. The van der Waals surface area contributed by atoms with Crippen molar-refractivity contribution >= 4 is 23.5 Å². The summed E-state index contributed by atoms with van der Waals surface area (Å²) in [6.45, 7) is 2.32. The fourth-order valence-corrected chi connectivity index (χ4v) is 3.22. The first kappa shape index (κ1) is 17.7. The van der Waals surface area contributed by atoms with Crippen molar-refractivity contribution in [3.8, 4) is 0 Å². The summed E-state index contributed by atoms with van der Waals surface area (Å²) in [5.41, 5.74) is 1.61. The number of nitrogens with zero attached hydrogens (tertiary/aromatic N) is 3. The van der Waals surface area contributed by atoms with Gasteiger partial charge in [0.25, 0.3) is 5.91 Å². The number of aromatic nitrogens is 2. The number of rotatable bonds is 5. The van der Waals surface area contributed by atoms with Crippen LogP contribution in [-0.2, 0) is 6.42 Å². The molecule has 1 N–H and O–H groups in total. The van der Waals surface area contributed by atoms with Crippen LogP contribution in [0, 0.1) is 0 Å². The lowest BCUT2D eigenvalue weighted by atomic mass is 10.1. The predicted molar refractivity (Wildman–Crippen MR) is 100 cm³/mol. The number of likely N-dealkylation sites (tertiary alicyclic amines) is 1. The lowest BCUT2D eigenvalue weighted by Gasteiger charge is -2.19. The summed E-state index contributed by atoms with van der Waals surface area (Å²) < 4.78 is 0. The van der Waals surface area contributed by atoms with Crippen molar-refractivity contribution in [1.29, 1.82) is 0 Å². The minimum atomic E-state index is 0.00203. The molecule has 1 aliphatic heterocycles. The molecule has 2 heterocycles. The summed E-state index contributed by atoms with van der Waals surface area (Å²) in [7, 11) is 0. The average Bonchev–Trinajstić information content (AvgIpc) is 2.91. The normalized spacial score (nSPS) is 14.8. The molecule has 1 fully saturated rings. The van der Waals surface area contributed by atoms with E-state index in [1.54, 1.807) is 12.3 Å². The standard InChI is InChI=1S/C19H23ClN4O/c20-16-7-5-6-15(14-16)8-10-21-19-22-11-9-17(23-19)18(25)24-12-3-1-2-4-13-24/h5-7,9,11,14H,1-4,8,10,12-13H2,(H,21,22,23). The molecule has 1 saturated heterocycles. The molecule has 0 saturated carbocycles. The summed E-state index contributed by atoms with van der Waals surface area (Å²) in [4.78, 5) is 23.1. The van der Waals surface area contributed by atoms with E-state index >= 15 is 0 Å². The highest BCUT2D eigenvalue weighted by molar-refractivity contribution is 6.30. The number of carbonyl (C=O) groups is 1. The smallest absolute Gasteiger partial charge is 0.272 e. The van der Waals surface area contributed by atoms with Gasteiger partial charge in [0.1, 0.15) is 5.69 Å². The van der Waals surface area contributed by atoms with Crippen molar-refractivity contribution in [2.75, 3.05) is 25.0 Å². The van der Waals surface area contributed by atoms with E-state index in [1.165, 1.54) is 12.8 Å². The van der Waals surface area contributed by atoms with Crippen LogP contribution in [0.5, 0.6) is 0 Å². The topological polar surface area (TPSA) is 58.1 Å². The lowest BCUT2D eigenvalue weighted by molar-refractivity contribution is 0.0755. The molecule has 1 amide bonds. The number of carbonyl (C=O) groups excluding carboxylic acids is 1. The zero-order chi connectivity index (χ0) is 17.5. The second kappa shape index (κ2) is 8.81. The number of amides is 1. The molecule has 0 bridgehead atoms. The molecule has 0 unspecified atom stereocenters. The summed E-state index contributed by atoms with van der Waals surface area (Å²) in [5, 5.41) is 3.92. The fourth-order valence-electron chi connectivity index (χ4n) is 3.01. The fraction of sp³-hybridized carbons (Fsp3) is 0.421. The van der Waals surface area contributed by atoms with Crippen molar-refractivity contribution in [2.24, 2.45) is 0 Å². The predicted octanol–water partition coefficient (Wildman–Crippen LogP) is 3.80. The molecular weight excluding hydrogens is 336 g/mol. The van der Waals surface area contributed by atoms with E-state index in [4.69, 9.17) is 11.6 Å². The summed E-state index contributed by atoms with van der Waals surface area (Å²) in [6.07, 6.45) is 6.99. The number of halogens is 1. The van der Waals surface area contributed by atoms with Gasteiger partial charge in [0, 0.05) is 30.9 Å². The zero-order valence-electron chi connectivity index (χ0n) is 14.2. The van der Waals surface area contributed by atoms with Crippen LogP contribution in [-0.4, -0.2) is 40.4 Å². The van der Waals surface area contributed by atoms with E-state index in [2.05, 4.69) is 15.3 Å². The Kier molecular flexibility index (Phi) is 6.23. The molecule has 6 heteroatoms. The van der Waals surface area contributed by atoms with Gasteiger partial charge in [0.05, 0.1) is 0 Å². The highest BCUT2D eigenvalue weighted by Crippen LogP contribution is 2.14. The number of hydrogen-bond acceptors (Lipinski definition) is 4. The monoisotopic (exact) mass is 358 g/mol. The Morgan fingerprint density at radius 3 is 2.72 bits per heavy atom. The number of benzene rings is 1.